The average molecular weight is 466 g/mol. The van der Waals surface area contributed by atoms with E-state index >= 15 is 0 Å². The van der Waals surface area contributed by atoms with Crippen LogP contribution in [0.15, 0.2) is 24.3 Å². The number of nitrogens with one attached hydrogen (secondary N) is 2. The summed E-state index contributed by atoms with van der Waals surface area (Å²) in [6.45, 7) is 11.9. The lowest BCUT2D eigenvalue weighted by Crippen LogP contribution is -2.53. The number of carbonyl (C=O) groups excluding carboxylic acids is 3. The third-order valence-electron chi connectivity index (χ3n) is 4.92. The molecule has 0 aliphatic heterocycles. The Balaban J connectivity index is 3.17. The van der Waals surface area contributed by atoms with Crippen molar-refractivity contribution in [2.75, 3.05) is 18.8 Å². The normalized spacial score (nSPS) is 13.1. The van der Waals surface area contributed by atoms with Crippen molar-refractivity contribution >= 4 is 30.5 Å². The van der Waals surface area contributed by atoms with Crippen LogP contribution in [0.5, 0.6) is 0 Å². The number of rotatable bonds is 11. The van der Waals surface area contributed by atoms with Gasteiger partial charge in [-0.15, -0.1) is 0 Å². The van der Waals surface area contributed by atoms with Crippen LogP contribution in [0.3, 0.4) is 0 Å². The largest absolute Gasteiger partial charge is 0.444 e. The fourth-order valence-electron chi connectivity index (χ4n) is 3.33. The summed E-state index contributed by atoms with van der Waals surface area (Å²) in [4.78, 5) is 40.4. The quantitative estimate of drug-likeness (QED) is 0.340. The Morgan fingerprint density at radius 3 is 2.31 bits per heavy atom. The van der Waals surface area contributed by atoms with E-state index in [-0.39, 0.29) is 17.6 Å². The van der Waals surface area contributed by atoms with Crippen LogP contribution < -0.4 is 10.6 Å². The molecule has 0 aromatic heterocycles. The van der Waals surface area contributed by atoms with Crippen molar-refractivity contribution in [1.29, 1.82) is 0 Å². The Hall–Kier alpha value is -2.22. The van der Waals surface area contributed by atoms with Gasteiger partial charge in [0, 0.05) is 18.8 Å². The lowest BCUT2D eigenvalue weighted by Gasteiger charge is -2.34. The van der Waals surface area contributed by atoms with E-state index in [1.165, 1.54) is 4.90 Å². The smallest absolute Gasteiger partial charge is 0.408 e. The summed E-state index contributed by atoms with van der Waals surface area (Å²) in [5.41, 5.74) is 0.974. The van der Waals surface area contributed by atoms with E-state index in [2.05, 4.69) is 30.2 Å². The van der Waals surface area contributed by atoms with E-state index in [0.717, 1.165) is 30.4 Å². The van der Waals surface area contributed by atoms with E-state index < -0.39 is 23.8 Å². The lowest BCUT2D eigenvalue weighted by atomic mass is 9.98. The van der Waals surface area contributed by atoms with Crippen LogP contribution in [-0.4, -0.2) is 53.3 Å². The van der Waals surface area contributed by atoms with Crippen molar-refractivity contribution in [1.82, 2.24) is 15.5 Å². The predicted octanol–water partition coefficient (Wildman–Crippen LogP) is 4.01. The first-order chi connectivity index (χ1) is 15.1. The van der Waals surface area contributed by atoms with Crippen LogP contribution in [-0.2, 0) is 14.3 Å². The minimum absolute atomic E-state index is 0.0766. The zero-order chi connectivity index (χ0) is 24.3. The molecule has 0 saturated carbocycles. The van der Waals surface area contributed by atoms with Gasteiger partial charge < -0.3 is 20.3 Å². The summed E-state index contributed by atoms with van der Waals surface area (Å²) in [6, 6.07) is 5.80. The van der Waals surface area contributed by atoms with Crippen LogP contribution in [0.25, 0.3) is 0 Å². The van der Waals surface area contributed by atoms with E-state index in [4.69, 9.17) is 4.74 Å². The van der Waals surface area contributed by atoms with Gasteiger partial charge in [-0.2, -0.15) is 12.6 Å². The van der Waals surface area contributed by atoms with Crippen LogP contribution in [0.1, 0.15) is 71.0 Å². The molecular formula is C24H39N3O4S. The number of amides is 3. The molecule has 0 bridgehead atoms. The molecule has 180 valence electrons. The molecule has 1 aromatic rings. The van der Waals surface area contributed by atoms with Crippen molar-refractivity contribution in [2.45, 2.75) is 78.5 Å². The number of likely N-dealkylation sites (N-methyl/N-ethyl adjacent to an activating group) is 1. The minimum Gasteiger partial charge on any atom is -0.444 e. The summed E-state index contributed by atoms with van der Waals surface area (Å²) < 4.78 is 5.29. The van der Waals surface area contributed by atoms with Crippen molar-refractivity contribution < 1.29 is 19.1 Å². The van der Waals surface area contributed by atoms with E-state index in [0.29, 0.717) is 13.1 Å². The van der Waals surface area contributed by atoms with Gasteiger partial charge in [-0.3, -0.25) is 9.59 Å². The molecule has 2 unspecified atom stereocenters. The number of nitrogens with zero attached hydrogens (tertiary/aromatic N) is 1. The van der Waals surface area contributed by atoms with Gasteiger partial charge in [0.1, 0.15) is 17.7 Å². The maximum absolute atomic E-state index is 13.4. The van der Waals surface area contributed by atoms with Gasteiger partial charge in [-0.25, -0.2) is 4.79 Å². The number of alkyl carbamates (subject to hydrolysis) is 1. The minimum atomic E-state index is -0.924. The second kappa shape index (κ2) is 13.4. The van der Waals surface area contributed by atoms with Gasteiger partial charge in [0.05, 0.1) is 0 Å². The molecule has 2 N–H and O–H groups in total. The first kappa shape index (κ1) is 27.8. The van der Waals surface area contributed by atoms with Gasteiger partial charge in [0.2, 0.25) is 11.8 Å². The predicted molar refractivity (Wildman–Crippen MR) is 131 cm³/mol. The molecule has 1 rings (SSSR count). The maximum Gasteiger partial charge on any atom is 0.408 e. The number of hydrogen-bond acceptors (Lipinski definition) is 5. The molecule has 0 fully saturated rings. The maximum atomic E-state index is 13.4. The van der Waals surface area contributed by atoms with Gasteiger partial charge in [0.25, 0.3) is 0 Å². The molecule has 8 heteroatoms. The first-order valence-electron chi connectivity index (χ1n) is 11.3. The number of benzene rings is 1. The van der Waals surface area contributed by atoms with Crippen molar-refractivity contribution in [3.63, 3.8) is 0 Å². The van der Waals surface area contributed by atoms with E-state index in [9.17, 15) is 14.4 Å². The average Bonchev–Trinajstić information content (AvgIpc) is 2.72. The Morgan fingerprint density at radius 1 is 1.12 bits per heavy atom. The molecule has 0 aliphatic rings. The standard InChI is InChI=1S/C24H39N3O4S/c1-7-9-12-15-25-21(28)20(18-14-11-10-13-17(18)3)27(8-2)22(29)19(16-32)26-23(30)31-24(4,5)6/h10-11,13-14,19-20,32H,7-9,12,15-16H2,1-6H3,(H,25,28)(H,26,30). The molecule has 0 heterocycles. The van der Waals surface area contributed by atoms with Gasteiger partial charge in [-0.05, 0) is 52.2 Å². The number of carbonyl (C=O) groups is 3. The number of unbranched alkanes of at least 4 members (excludes halogenated alkanes) is 2. The highest BCUT2D eigenvalue weighted by Crippen LogP contribution is 2.25. The third-order valence-corrected chi connectivity index (χ3v) is 5.28. The summed E-state index contributed by atoms with van der Waals surface area (Å²) in [6.07, 6.45) is 2.25. The Labute approximate surface area is 198 Å². The Bertz CT molecular complexity index is 764. The zero-order valence-electron chi connectivity index (χ0n) is 20.2. The molecule has 1 aromatic carbocycles. The summed E-state index contributed by atoms with van der Waals surface area (Å²) in [5.74, 6) is -0.543. The monoisotopic (exact) mass is 465 g/mol. The first-order valence-corrected chi connectivity index (χ1v) is 11.9. The van der Waals surface area contributed by atoms with Crippen molar-refractivity contribution in [3.05, 3.63) is 35.4 Å². The second-order valence-corrected chi connectivity index (χ2v) is 9.13. The second-order valence-electron chi connectivity index (χ2n) is 8.76. The van der Waals surface area contributed by atoms with E-state index in [1.54, 1.807) is 20.8 Å². The summed E-state index contributed by atoms with van der Waals surface area (Å²) in [5, 5.41) is 5.57. The SMILES string of the molecule is CCCCCNC(=O)C(c1ccccc1C)N(CC)C(=O)C(CS)NC(=O)OC(C)(C)C. The van der Waals surface area contributed by atoms with Gasteiger partial charge >= 0.3 is 6.09 Å². The topological polar surface area (TPSA) is 87.7 Å². The molecular weight excluding hydrogens is 426 g/mol. The number of aryl methyl sites for hydroxylation is 1. The van der Waals surface area contributed by atoms with Crippen LogP contribution >= 0.6 is 12.6 Å². The number of ether oxygens (including phenoxy) is 1. The molecule has 2 atom stereocenters. The van der Waals surface area contributed by atoms with Crippen LogP contribution in [0, 0.1) is 6.92 Å². The lowest BCUT2D eigenvalue weighted by molar-refractivity contribution is -0.141. The van der Waals surface area contributed by atoms with Gasteiger partial charge in [-0.1, -0.05) is 44.0 Å². The highest BCUT2D eigenvalue weighted by Gasteiger charge is 2.35. The molecule has 0 radical (unpaired) electrons. The summed E-state index contributed by atoms with van der Waals surface area (Å²) in [7, 11) is 0. The zero-order valence-corrected chi connectivity index (χ0v) is 21.1. The Kier molecular flexibility index (Phi) is 11.6. The number of thiol groups is 1. The molecule has 7 nitrogen and oxygen atoms in total. The Morgan fingerprint density at radius 2 is 1.78 bits per heavy atom. The van der Waals surface area contributed by atoms with Crippen molar-refractivity contribution in [2.24, 2.45) is 0 Å². The summed E-state index contributed by atoms with van der Waals surface area (Å²) >= 11 is 4.26. The fourth-order valence-corrected chi connectivity index (χ4v) is 3.58. The molecule has 0 aliphatic carbocycles. The van der Waals surface area contributed by atoms with Crippen molar-refractivity contribution in [3.8, 4) is 0 Å². The van der Waals surface area contributed by atoms with Crippen LogP contribution in [0.4, 0.5) is 4.79 Å². The third kappa shape index (κ3) is 8.73. The molecule has 3 amide bonds. The van der Waals surface area contributed by atoms with Gasteiger partial charge in [0.15, 0.2) is 0 Å². The molecule has 32 heavy (non-hydrogen) atoms. The fraction of sp³-hybridized carbons (Fsp3) is 0.625. The highest BCUT2D eigenvalue weighted by molar-refractivity contribution is 7.80. The van der Waals surface area contributed by atoms with Crippen LogP contribution in [0.2, 0.25) is 0 Å². The highest BCUT2D eigenvalue weighted by atomic mass is 32.1. The van der Waals surface area contributed by atoms with E-state index in [1.807, 2.05) is 38.1 Å². The molecule has 0 spiro atoms. The molecule has 0 saturated heterocycles. The number of hydrogen-bond donors (Lipinski definition) is 3.